The lowest BCUT2D eigenvalue weighted by molar-refractivity contribution is -0.743. The van der Waals surface area contributed by atoms with Crippen molar-refractivity contribution in [3.05, 3.63) is 11.9 Å². The minimum absolute atomic E-state index is 0.00630. The molecule has 52 nitrogen and oxygen atoms in total. The number of carbonyl (C=O) groups excluding carboxylic acids is 16. The number of Topliss-reactive ketones (excluding diaryl/α,β-unsaturated/α-hetero) is 4. The van der Waals surface area contributed by atoms with E-state index >= 15 is 0 Å². The highest BCUT2D eigenvalue weighted by Crippen LogP contribution is 2.25. The molecule has 10 atom stereocenters. The smallest absolute Gasteiger partial charge is 0.424 e. The molecule has 0 aliphatic rings. The topological polar surface area (TPSA) is 809 Å². The number of nitrogens with two attached hydrogens (primary N) is 2. The highest BCUT2D eigenvalue weighted by atomic mass is 16.5. The molecular formula is C91H148N14O38+2. The van der Waals surface area contributed by atoms with E-state index in [9.17, 15) is 166 Å². The minimum atomic E-state index is -2.02. The van der Waals surface area contributed by atoms with Gasteiger partial charge in [0.1, 0.15) is 43.7 Å². The first-order chi connectivity index (χ1) is 67.2. The number of unbranched alkanes of at least 4 members (excludes halogenated alkanes) is 15. The Bertz CT molecular complexity index is 4280. The number of aliphatic carboxylic acids is 9. The number of allylic oxidation sites excluding steroid dienone is 1. The van der Waals surface area contributed by atoms with Gasteiger partial charge < -0.3 is 118 Å². The molecule has 0 rings (SSSR count). The first-order valence-electron chi connectivity index (χ1n) is 47.4. The molecule has 808 valence electrons. The second kappa shape index (κ2) is 72.5. The van der Waals surface area contributed by atoms with Gasteiger partial charge in [-0.2, -0.15) is 8.97 Å². The van der Waals surface area contributed by atoms with E-state index in [-0.39, 0.29) is 128 Å². The van der Waals surface area contributed by atoms with Crippen LogP contribution in [-0.4, -0.2) is 351 Å². The quantitative estimate of drug-likeness (QED) is 0.0130. The van der Waals surface area contributed by atoms with Crippen LogP contribution in [0.1, 0.15) is 252 Å². The summed E-state index contributed by atoms with van der Waals surface area (Å²) in [6.07, 6.45) is 7.62. The van der Waals surface area contributed by atoms with Crippen molar-refractivity contribution in [1.82, 2.24) is 52.9 Å². The average Bonchev–Trinajstić information content (AvgIpc) is 0.819. The molecule has 0 aromatic carbocycles. The summed E-state index contributed by atoms with van der Waals surface area (Å²) in [4.78, 5) is 312. The number of imide groups is 2. The molecule has 0 bridgehead atoms. The van der Waals surface area contributed by atoms with Crippen molar-refractivity contribution < 1.29 is 194 Å². The predicted octanol–water partition coefficient (Wildman–Crippen LogP) is 0.608. The molecule has 0 saturated carbocycles. The number of carboxylic acids is 9. The Kier molecular flexibility index (Phi) is 66.0. The maximum atomic E-state index is 13.6. The van der Waals surface area contributed by atoms with Gasteiger partial charge in [-0.05, 0) is 78.1 Å². The lowest BCUT2D eigenvalue weighted by Gasteiger charge is -2.28. The van der Waals surface area contributed by atoms with E-state index in [2.05, 4.69) is 37.2 Å². The van der Waals surface area contributed by atoms with Crippen molar-refractivity contribution in [2.75, 3.05) is 106 Å². The van der Waals surface area contributed by atoms with E-state index in [0.717, 1.165) is 123 Å². The minimum Gasteiger partial charge on any atom is -0.481 e. The van der Waals surface area contributed by atoms with E-state index < -0.39 is 277 Å². The Labute approximate surface area is 827 Å². The number of hydrazine groups is 1. The lowest BCUT2D eigenvalue weighted by atomic mass is 9.88. The van der Waals surface area contributed by atoms with Crippen molar-refractivity contribution in [3.8, 4) is 0 Å². The molecule has 0 spiro atoms. The SMILES string of the molecule is CC(=O)[N+](C)(CC(=O)O)C(=O)NC(CC(=O)O)C(=O)CC(CC=O)C(=O)NC(CC(=O)O)C(=O)CCCOCCOCC(=O)NC(CCCCNC(=O)COCCOCCCC(=O)C(CC(=O)O)NC(=O)C(CC(=O)O)CC(=O)C(CC(=O)O)NC(=O)[N+](C)(CC(=O)O)C(C)=O)C(=O)NCCCCCCCCCCC(=O)NCCCCCCCCCCC(=O)NC(CCN(N)/C=C(\N)CC(C)(C)C(=O)O)C(=O)O. The van der Waals surface area contributed by atoms with Gasteiger partial charge in [-0.1, -0.05) is 77.0 Å². The van der Waals surface area contributed by atoms with Crippen LogP contribution in [0.5, 0.6) is 0 Å². The van der Waals surface area contributed by atoms with Gasteiger partial charge in [0.2, 0.25) is 41.4 Å². The number of carboxylic acid groups (broad SMARTS) is 9. The zero-order valence-electron chi connectivity index (χ0n) is 82.3. The highest BCUT2D eigenvalue weighted by Gasteiger charge is 2.45. The Morgan fingerprint density at radius 1 is 0.357 bits per heavy atom. The van der Waals surface area contributed by atoms with E-state index in [0.29, 0.717) is 38.6 Å². The van der Waals surface area contributed by atoms with Crippen molar-refractivity contribution in [2.24, 2.45) is 28.8 Å². The van der Waals surface area contributed by atoms with Crippen LogP contribution in [0, 0.1) is 17.3 Å². The Morgan fingerprint density at radius 3 is 1.13 bits per heavy atom. The Balaban J connectivity index is 5.57. The maximum Gasteiger partial charge on any atom is 0.424 e. The summed E-state index contributed by atoms with van der Waals surface area (Å²) in [6.45, 7) is 1.76. The van der Waals surface area contributed by atoms with Gasteiger partial charge in [0.05, 0.1) is 116 Å². The van der Waals surface area contributed by atoms with Gasteiger partial charge in [0.25, 0.3) is 0 Å². The molecule has 143 heavy (non-hydrogen) atoms. The number of quaternary nitrogens is 2. The van der Waals surface area contributed by atoms with Crippen molar-refractivity contribution in [3.63, 3.8) is 0 Å². The first kappa shape index (κ1) is 130. The fourth-order valence-electron chi connectivity index (χ4n) is 14.0. The number of urea groups is 2. The number of ether oxygens (including phenoxy) is 4. The van der Waals surface area contributed by atoms with E-state index in [1.165, 1.54) is 20.0 Å². The van der Waals surface area contributed by atoms with Gasteiger partial charge in [0, 0.05) is 103 Å². The van der Waals surface area contributed by atoms with Crippen LogP contribution >= 0.6 is 0 Å². The number of carbonyl (C=O) groups is 25. The zero-order chi connectivity index (χ0) is 108. The number of likely N-dealkylation sites (N-methyl/N-ethyl adjacent to an activating group) is 2. The third-order valence-corrected chi connectivity index (χ3v) is 22.6. The van der Waals surface area contributed by atoms with Gasteiger partial charge in [0.15, 0.2) is 36.2 Å². The fraction of sp³-hybridized carbons (Fsp3) is 0.703. The monoisotopic (exact) mass is 2050 g/mol. The predicted molar refractivity (Wildman–Crippen MR) is 498 cm³/mol. The molecular weight excluding hydrogens is 1900 g/mol. The van der Waals surface area contributed by atoms with Gasteiger partial charge >= 0.3 is 77.6 Å². The number of hydrogen-bond acceptors (Lipinski definition) is 32. The van der Waals surface area contributed by atoms with Gasteiger partial charge in [-0.25, -0.2) is 39.4 Å². The van der Waals surface area contributed by atoms with E-state index in [1.807, 2.05) is 10.6 Å². The molecule has 13 amide bonds. The largest absolute Gasteiger partial charge is 0.481 e. The molecule has 0 saturated heterocycles. The molecule has 0 radical (unpaired) electrons. The van der Waals surface area contributed by atoms with E-state index in [4.69, 9.17) is 30.5 Å². The third-order valence-electron chi connectivity index (χ3n) is 22.6. The van der Waals surface area contributed by atoms with Crippen LogP contribution in [0.15, 0.2) is 11.9 Å². The molecule has 10 unspecified atom stereocenters. The van der Waals surface area contributed by atoms with Crippen LogP contribution in [0.2, 0.25) is 0 Å². The number of amides is 13. The van der Waals surface area contributed by atoms with Crippen LogP contribution in [0.3, 0.4) is 0 Å². The standard InChI is InChI=1S/C91H146N14O38/c1-58(107)104(5,54-82(127)128)89(138)101-67(50-80(123)124)71(111)45-60(33-38-106)84(131)99-65(48-78(119)120)69(109)28-25-40-141-42-44-143-57-76(116)97-63(86(133)96-36-23-18-14-10-7-11-15-19-30-73(113)94-34-22-17-13-9-8-12-16-20-31-74(114)98-64(87(134)135)32-37-103(93)53-62(92)52-91(3,4)88(136)137)27-21-24-35-95-75(115)56-142-43-41-140-39-26-29-70(110)66(49-79(121)122)100-85(132)61(47-77(117)118)46-72(112)68(51-81(125)126)102-90(139)105(6,59(2)108)55-83(129)130/h38,53,60-61,63-68H,7-37,39-52,54-57,92-93H2,1-6H3,(H16-2,94,95,96,97,98,99,100,101,102,113,114,115,116,117,118,119,120,121,122,123,124,125,126,127,128,129,130,131,132,133,134,135,136,137,138,139)/p+2/b62-53-. The normalized spacial score (nSPS) is 13.9. The summed E-state index contributed by atoms with van der Waals surface area (Å²) in [6, 6.07) is -12.5. The molecule has 52 heteroatoms. The van der Waals surface area contributed by atoms with Crippen LogP contribution in [0.25, 0.3) is 0 Å². The molecule has 0 aliphatic heterocycles. The number of rotatable bonds is 86. The Hall–Kier alpha value is -12.8. The summed E-state index contributed by atoms with van der Waals surface area (Å²) >= 11 is 0. The van der Waals surface area contributed by atoms with Crippen molar-refractivity contribution >= 4 is 148 Å². The zero-order valence-corrected chi connectivity index (χ0v) is 82.3. The molecule has 0 aromatic heterocycles. The van der Waals surface area contributed by atoms with Gasteiger partial charge in [-0.15, -0.1) is 0 Å². The van der Waals surface area contributed by atoms with Gasteiger partial charge in [-0.3, -0.25) is 92.1 Å². The second-order valence-electron chi connectivity index (χ2n) is 35.6. The molecule has 0 aliphatic carbocycles. The highest BCUT2D eigenvalue weighted by molar-refractivity contribution is 6.00. The Morgan fingerprint density at radius 2 is 0.720 bits per heavy atom. The summed E-state index contributed by atoms with van der Waals surface area (Å²) in [5.41, 5.74) is 5.02. The molecule has 0 fully saturated rings. The molecule has 0 aromatic rings. The van der Waals surface area contributed by atoms with Crippen LogP contribution < -0.4 is 59.4 Å². The van der Waals surface area contributed by atoms with Crippen molar-refractivity contribution in [1.29, 1.82) is 0 Å². The number of hydrogen-bond donors (Lipinski definition) is 20. The summed E-state index contributed by atoms with van der Waals surface area (Å²) < 4.78 is 18.9. The van der Waals surface area contributed by atoms with Crippen LogP contribution in [0.4, 0.5) is 9.59 Å². The summed E-state index contributed by atoms with van der Waals surface area (Å²) in [7, 11) is 1.77. The van der Waals surface area contributed by atoms with Crippen molar-refractivity contribution in [2.45, 2.75) is 289 Å². The number of nitrogens with one attached hydrogen (secondary N) is 9. The second-order valence-corrected chi connectivity index (χ2v) is 35.6. The average molecular weight is 2050 g/mol. The fourth-order valence-corrected chi connectivity index (χ4v) is 14.0. The third kappa shape index (κ3) is 60.3. The van der Waals surface area contributed by atoms with Crippen LogP contribution in [-0.2, 0) is 129 Å². The lowest BCUT2D eigenvalue weighted by Crippen LogP contribution is -2.62. The first-order valence-corrected chi connectivity index (χ1v) is 47.4. The summed E-state index contributed by atoms with van der Waals surface area (Å²) in [5, 5.41) is 108. The number of nitrogens with zero attached hydrogens (tertiary/aromatic N) is 3. The van der Waals surface area contributed by atoms with E-state index in [1.54, 1.807) is 0 Å². The summed E-state index contributed by atoms with van der Waals surface area (Å²) in [5.74, 6) is -21.8. The maximum absolute atomic E-state index is 13.6. The number of ketones is 4. The molecule has 0 heterocycles. The number of aldehydes is 1. The molecule has 22 N–H and O–H groups in total.